The molecule has 1 aromatic carbocycles. The van der Waals surface area contributed by atoms with Gasteiger partial charge in [-0.05, 0) is 56.4 Å². The molecule has 0 saturated heterocycles. The SMILES string of the molecule is CC(C)Cc1cc(-c2ccc(Cc3ccnn3C(C)(C)C)cc2)c(S(=O)(=O)NC(=O)O)s1. The molecule has 0 unspecified atom stereocenters. The number of carbonyl (C=O) groups is 1. The van der Waals surface area contributed by atoms with Crippen molar-refractivity contribution in [3.8, 4) is 11.1 Å². The molecule has 9 heteroatoms. The molecule has 172 valence electrons. The van der Waals surface area contributed by atoms with Gasteiger partial charge in [0.1, 0.15) is 4.21 Å². The fraction of sp³-hybridized carbons (Fsp3) is 0.391. The molecular weight excluding hydrogens is 446 g/mol. The van der Waals surface area contributed by atoms with Crippen LogP contribution in [0.1, 0.15) is 50.8 Å². The summed E-state index contributed by atoms with van der Waals surface area (Å²) in [6.07, 6.45) is 1.62. The third-order valence-electron chi connectivity index (χ3n) is 4.83. The number of hydrogen-bond acceptors (Lipinski definition) is 5. The van der Waals surface area contributed by atoms with Crippen molar-refractivity contribution in [3.05, 3.63) is 58.7 Å². The third kappa shape index (κ3) is 5.58. The van der Waals surface area contributed by atoms with Gasteiger partial charge in [-0.15, -0.1) is 11.3 Å². The lowest BCUT2D eigenvalue weighted by molar-refractivity contribution is 0.201. The summed E-state index contributed by atoms with van der Waals surface area (Å²) < 4.78 is 29.0. The van der Waals surface area contributed by atoms with Gasteiger partial charge in [-0.3, -0.25) is 4.68 Å². The van der Waals surface area contributed by atoms with Gasteiger partial charge in [-0.1, -0.05) is 38.1 Å². The quantitative estimate of drug-likeness (QED) is 0.494. The van der Waals surface area contributed by atoms with Crippen LogP contribution in [0.4, 0.5) is 4.79 Å². The van der Waals surface area contributed by atoms with E-state index < -0.39 is 16.1 Å². The Kier molecular flexibility index (Phi) is 6.80. The van der Waals surface area contributed by atoms with Gasteiger partial charge in [-0.2, -0.15) is 5.10 Å². The van der Waals surface area contributed by atoms with Crippen LogP contribution in [0.2, 0.25) is 0 Å². The maximum atomic E-state index is 12.7. The lowest BCUT2D eigenvalue weighted by Gasteiger charge is -2.22. The smallest absolute Gasteiger partial charge is 0.418 e. The Bertz CT molecular complexity index is 1200. The summed E-state index contributed by atoms with van der Waals surface area (Å²) in [7, 11) is -4.17. The van der Waals surface area contributed by atoms with Crippen LogP contribution in [-0.2, 0) is 28.4 Å². The number of aromatic nitrogens is 2. The van der Waals surface area contributed by atoms with E-state index in [1.807, 2.05) is 41.1 Å². The van der Waals surface area contributed by atoms with Gasteiger partial charge in [0.05, 0.1) is 5.54 Å². The molecule has 0 atom stereocenters. The Balaban J connectivity index is 1.95. The Labute approximate surface area is 193 Å². The van der Waals surface area contributed by atoms with E-state index >= 15 is 0 Å². The van der Waals surface area contributed by atoms with Gasteiger partial charge in [0, 0.05) is 28.8 Å². The first-order chi connectivity index (χ1) is 14.9. The van der Waals surface area contributed by atoms with Crippen LogP contribution in [0.15, 0.2) is 46.8 Å². The van der Waals surface area contributed by atoms with Crippen molar-refractivity contribution in [2.75, 3.05) is 0 Å². The molecule has 0 aliphatic rings. The number of rotatable bonds is 7. The van der Waals surface area contributed by atoms with Crippen molar-refractivity contribution < 1.29 is 18.3 Å². The van der Waals surface area contributed by atoms with E-state index in [9.17, 15) is 13.2 Å². The standard InChI is InChI=1S/C23H29N3O4S2/c1-15(2)12-19-14-20(21(31-19)32(29,30)25-22(27)28)17-8-6-16(7-9-17)13-18-10-11-24-26(18)23(3,4)5/h6-11,14-15,25H,12-13H2,1-5H3,(H,27,28). The molecule has 3 aromatic rings. The van der Waals surface area contributed by atoms with E-state index in [2.05, 4.69) is 39.7 Å². The fourth-order valence-corrected chi connectivity index (χ4v) is 6.36. The van der Waals surface area contributed by atoms with Crippen molar-refractivity contribution in [2.45, 2.75) is 57.2 Å². The van der Waals surface area contributed by atoms with Crippen LogP contribution in [-0.4, -0.2) is 29.4 Å². The second-order valence-corrected chi connectivity index (χ2v) is 12.2. The minimum Gasteiger partial charge on any atom is -0.464 e. The minimum atomic E-state index is -4.17. The largest absolute Gasteiger partial charge is 0.464 e. The van der Waals surface area contributed by atoms with E-state index in [0.717, 1.165) is 39.5 Å². The first-order valence-electron chi connectivity index (χ1n) is 10.4. The molecule has 2 N–H and O–H groups in total. The predicted molar refractivity (Wildman–Crippen MR) is 127 cm³/mol. The molecular formula is C23H29N3O4S2. The zero-order valence-electron chi connectivity index (χ0n) is 18.9. The van der Waals surface area contributed by atoms with Gasteiger partial charge in [0.15, 0.2) is 0 Å². The molecule has 32 heavy (non-hydrogen) atoms. The Morgan fingerprint density at radius 2 is 1.84 bits per heavy atom. The second-order valence-electron chi connectivity index (χ2n) is 9.20. The number of nitrogens with one attached hydrogen (secondary N) is 1. The maximum Gasteiger partial charge on any atom is 0.418 e. The lowest BCUT2D eigenvalue weighted by Crippen LogP contribution is -2.28. The number of amides is 1. The van der Waals surface area contributed by atoms with Crippen molar-refractivity contribution >= 4 is 27.5 Å². The van der Waals surface area contributed by atoms with Gasteiger partial charge < -0.3 is 5.11 Å². The van der Waals surface area contributed by atoms with Gasteiger partial charge in [0.25, 0.3) is 10.0 Å². The molecule has 0 bridgehead atoms. The van der Waals surface area contributed by atoms with Crippen LogP contribution in [0, 0.1) is 5.92 Å². The molecule has 2 aromatic heterocycles. The number of hydrogen-bond donors (Lipinski definition) is 2. The van der Waals surface area contributed by atoms with Crippen LogP contribution in [0.25, 0.3) is 11.1 Å². The van der Waals surface area contributed by atoms with E-state index in [0.29, 0.717) is 17.9 Å². The average Bonchev–Trinajstić information content (AvgIpc) is 3.28. The summed E-state index contributed by atoms with van der Waals surface area (Å²) in [6, 6.07) is 11.6. The number of sulfonamides is 1. The lowest BCUT2D eigenvalue weighted by atomic mass is 10.0. The minimum absolute atomic E-state index is 0.0223. The summed E-state index contributed by atoms with van der Waals surface area (Å²) in [6.45, 7) is 10.4. The molecule has 7 nitrogen and oxygen atoms in total. The second kappa shape index (κ2) is 9.07. The average molecular weight is 476 g/mol. The van der Waals surface area contributed by atoms with Crippen LogP contribution < -0.4 is 4.72 Å². The highest BCUT2D eigenvalue weighted by Crippen LogP contribution is 2.36. The Hall–Kier alpha value is -2.65. The molecule has 2 heterocycles. The van der Waals surface area contributed by atoms with E-state index in [-0.39, 0.29) is 9.75 Å². The zero-order valence-corrected chi connectivity index (χ0v) is 20.5. The van der Waals surface area contributed by atoms with Gasteiger partial charge in [-0.25, -0.2) is 17.9 Å². The summed E-state index contributed by atoms with van der Waals surface area (Å²) in [4.78, 5) is 11.9. The molecule has 0 spiro atoms. The molecule has 0 fully saturated rings. The fourth-order valence-electron chi connectivity index (χ4n) is 3.57. The maximum absolute atomic E-state index is 12.7. The highest BCUT2D eigenvalue weighted by atomic mass is 32.2. The number of carboxylic acid groups (broad SMARTS) is 1. The molecule has 1 amide bonds. The first kappa shape index (κ1) is 24.0. The molecule has 3 rings (SSSR count). The van der Waals surface area contributed by atoms with E-state index in [1.54, 1.807) is 10.9 Å². The van der Waals surface area contributed by atoms with Gasteiger partial charge >= 0.3 is 6.09 Å². The Morgan fingerprint density at radius 3 is 2.41 bits per heavy atom. The zero-order chi connectivity index (χ0) is 23.7. The van der Waals surface area contributed by atoms with Crippen molar-refractivity contribution in [3.63, 3.8) is 0 Å². The number of benzene rings is 1. The molecule has 0 aliphatic carbocycles. The number of nitrogens with zero attached hydrogens (tertiary/aromatic N) is 2. The monoisotopic (exact) mass is 475 g/mol. The summed E-state index contributed by atoms with van der Waals surface area (Å²) >= 11 is 1.12. The van der Waals surface area contributed by atoms with Crippen molar-refractivity contribution in [1.82, 2.24) is 14.5 Å². The highest BCUT2D eigenvalue weighted by molar-refractivity contribution is 7.92. The predicted octanol–water partition coefficient (Wildman–Crippen LogP) is 5.11. The molecule has 0 radical (unpaired) electrons. The van der Waals surface area contributed by atoms with Crippen LogP contribution in [0.3, 0.4) is 0 Å². The number of thiophene rings is 1. The van der Waals surface area contributed by atoms with Crippen molar-refractivity contribution in [2.24, 2.45) is 5.92 Å². The van der Waals surface area contributed by atoms with Crippen LogP contribution in [0.5, 0.6) is 0 Å². The van der Waals surface area contributed by atoms with E-state index in [1.165, 1.54) is 0 Å². The normalized spacial score (nSPS) is 12.3. The van der Waals surface area contributed by atoms with Crippen molar-refractivity contribution in [1.29, 1.82) is 0 Å². The topological polar surface area (TPSA) is 101 Å². The highest BCUT2D eigenvalue weighted by Gasteiger charge is 2.25. The van der Waals surface area contributed by atoms with Gasteiger partial charge in [0.2, 0.25) is 0 Å². The van der Waals surface area contributed by atoms with Crippen LogP contribution >= 0.6 is 11.3 Å². The Morgan fingerprint density at radius 1 is 1.19 bits per heavy atom. The molecule has 0 aliphatic heterocycles. The third-order valence-corrected chi connectivity index (χ3v) is 7.84. The molecule has 0 saturated carbocycles. The van der Waals surface area contributed by atoms with E-state index in [4.69, 9.17) is 5.11 Å². The summed E-state index contributed by atoms with van der Waals surface area (Å²) in [5.74, 6) is 0.347. The summed E-state index contributed by atoms with van der Waals surface area (Å²) in [5.41, 5.74) is 3.29. The first-order valence-corrected chi connectivity index (χ1v) is 12.7. The summed E-state index contributed by atoms with van der Waals surface area (Å²) in [5, 5.41) is 13.4.